The molecule has 2 aromatic carbocycles. The number of rotatable bonds is 6. The van der Waals surface area contributed by atoms with E-state index in [2.05, 4.69) is 84.8 Å². The molecular weight excluding hydrogens is 340 g/mol. The predicted molar refractivity (Wildman–Crippen MR) is 106 cm³/mol. The first kappa shape index (κ1) is 17.4. The van der Waals surface area contributed by atoms with E-state index in [1.54, 1.807) is 18.4 Å². The van der Waals surface area contributed by atoms with Crippen LogP contribution < -0.4 is 0 Å². The average molecular weight is 365 g/mol. The van der Waals surface area contributed by atoms with Gasteiger partial charge in [0.15, 0.2) is 0 Å². The molecule has 0 saturated carbocycles. The standard InChI is InChI=1S/C22H24N2OS/c1-16-15-26-21(23-16)22(2)20(18-12-8-5-9-13-18)24(22)19(14-25-3)17-10-6-4-7-11-17/h4-13,15,19-20H,14H2,1-3H3/t19-,20-,22-,24?/m0/s1. The summed E-state index contributed by atoms with van der Waals surface area (Å²) in [4.78, 5) is 7.40. The molecule has 0 N–H and O–H groups in total. The molecule has 1 saturated heterocycles. The normalized spacial score (nSPS) is 25.8. The number of hydrogen-bond acceptors (Lipinski definition) is 4. The Labute approximate surface area is 159 Å². The van der Waals surface area contributed by atoms with E-state index in [0.717, 1.165) is 5.69 Å². The molecular formula is C22H24N2OS. The lowest BCUT2D eigenvalue weighted by atomic mass is 10.0. The van der Waals surface area contributed by atoms with E-state index in [4.69, 9.17) is 9.72 Å². The fourth-order valence-electron chi connectivity index (χ4n) is 4.02. The molecule has 1 aliphatic rings. The van der Waals surface area contributed by atoms with Gasteiger partial charge in [-0.05, 0) is 25.0 Å². The molecule has 3 aromatic rings. The average Bonchev–Trinajstić information content (AvgIpc) is 3.05. The second-order valence-electron chi connectivity index (χ2n) is 7.04. The summed E-state index contributed by atoms with van der Waals surface area (Å²) < 4.78 is 5.62. The van der Waals surface area contributed by atoms with E-state index in [1.807, 2.05) is 0 Å². The summed E-state index contributed by atoms with van der Waals surface area (Å²) in [6.45, 7) is 5.04. The van der Waals surface area contributed by atoms with Crippen molar-refractivity contribution in [2.75, 3.05) is 13.7 Å². The number of nitrogens with zero attached hydrogens (tertiary/aromatic N) is 2. The van der Waals surface area contributed by atoms with Crippen molar-refractivity contribution in [3.05, 3.63) is 87.9 Å². The van der Waals surface area contributed by atoms with Gasteiger partial charge in [0.1, 0.15) is 5.01 Å². The minimum absolute atomic E-state index is 0.112. The zero-order valence-corrected chi connectivity index (χ0v) is 16.2. The summed E-state index contributed by atoms with van der Waals surface area (Å²) in [5.41, 5.74) is 3.60. The molecule has 4 rings (SSSR count). The fraction of sp³-hybridized carbons (Fsp3) is 0.318. The molecule has 1 aliphatic heterocycles. The van der Waals surface area contributed by atoms with E-state index in [-0.39, 0.29) is 11.6 Å². The Kier molecular flexibility index (Phi) is 4.65. The number of ether oxygens (including phenoxy) is 1. The van der Waals surface area contributed by atoms with Crippen LogP contribution in [0.25, 0.3) is 0 Å². The van der Waals surface area contributed by atoms with Gasteiger partial charge in [0.2, 0.25) is 0 Å². The Morgan fingerprint density at radius 1 is 1.12 bits per heavy atom. The first-order chi connectivity index (χ1) is 12.7. The molecule has 1 fully saturated rings. The van der Waals surface area contributed by atoms with Gasteiger partial charge in [-0.2, -0.15) is 0 Å². The molecule has 0 radical (unpaired) electrons. The van der Waals surface area contributed by atoms with E-state index >= 15 is 0 Å². The van der Waals surface area contributed by atoms with Crippen LogP contribution in [0.4, 0.5) is 0 Å². The summed E-state index contributed by atoms with van der Waals surface area (Å²) in [7, 11) is 1.78. The zero-order chi connectivity index (χ0) is 18.1. The van der Waals surface area contributed by atoms with Crippen LogP contribution in [0.5, 0.6) is 0 Å². The second kappa shape index (κ2) is 6.95. The lowest BCUT2D eigenvalue weighted by Crippen LogP contribution is -2.21. The number of hydrogen-bond donors (Lipinski definition) is 0. The van der Waals surface area contributed by atoms with Crippen molar-refractivity contribution in [2.45, 2.75) is 31.5 Å². The third kappa shape index (κ3) is 2.88. The topological polar surface area (TPSA) is 25.1 Å². The molecule has 0 bridgehead atoms. The number of thiazole rings is 1. The van der Waals surface area contributed by atoms with Crippen molar-refractivity contribution in [3.8, 4) is 0 Å². The largest absolute Gasteiger partial charge is 0.383 e. The fourth-order valence-corrected chi connectivity index (χ4v) is 5.01. The lowest BCUT2D eigenvalue weighted by molar-refractivity contribution is 0.128. The van der Waals surface area contributed by atoms with Gasteiger partial charge in [0.25, 0.3) is 0 Å². The van der Waals surface area contributed by atoms with Crippen molar-refractivity contribution in [2.24, 2.45) is 0 Å². The molecule has 26 heavy (non-hydrogen) atoms. The van der Waals surface area contributed by atoms with Crippen LogP contribution in [-0.2, 0) is 10.3 Å². The highest BCUT2D eigenvalue weighted by Crippen LogP contribution is 2.64. The van der Waals surface area contributed by atoms with E-state index in [1.165, 1.54) is 16.1 Å². The van der Waals surface area contributed by atoms with Crippen LogP contribution in [0.1, 0.15) is 40.8 Å². The van der Waals surface area contributed by atoms with Crippen molar-refractivity contribution < 1.29 is 4.74 Å². The maximum absolute atomic E-state index is 5.62. The van der Waals surface area contributed by atoms with Gasteiger partial charge in [0, 0.05) is 18.2 Å². The van der Waals surface area contributed by atoms with Gasteiger partial charge >= 0.3 is 0 Å². The third-order valence-corrected chi connectivity index (χ3v) is 6.48. The maximum atomic E-state index is 5.62. The van der Waals surface area contributed by atoms with E-state index < -0.39 is 0 Å². The molecule has 4 heteroatoms. The van der Waals surface area contributed by atoms with E-state index in [0.29, 0.717) is 12.6 Å². The van der Waals surface area contributed by atoms with Gasteiger partial charge in [-0.15, -0.1) is 11.3 Å². The number of aryl methyl sites for hydroxylation is 1. The number of benzene rings is 2. The van der Waals surface area contributed by atoms with Crippen molar-refractivity contribution >= 4 is 11.3 Å². The van der Waals surface area contributed by atoms with Crippen LogP contribution in [0.3, 0.4) is 0 Å². The lowest BCUT2D eigenvalue weighted by Gasteiger charge is -2.21. The minimum atomic E-state index is -0.112. The number of aromatic nitrogens is 1. The molecule has 134 valence electrons. The van der Waals surface area contributed by atoms with E-state index in [9.17, 15) is 0 Å². The monoisotopic (exact) mass is 364 g/mol. The van der Waals surface area contributed by atoms with Gasteiger partial charge in [0.05, 0.1) is 24.2 Å². The zero-order valence-electron chi connectivity index (χ0n) is 15.4. The SMILES string of the molecule is COC[C@@H](c1ccccc1)N1[C@@H](c2ccccc2)[C@@]1(C)c1nc(C)cs1. The first-order valence-electron chi connectivity index (χ1n) is 8.96. The Bertz CT molecular complexity index is 864. The summed E-state index contributed by atoms with van der Waals surface area (Å²) in [6.07, 6.45) is 0. The van der Waals surface area contributed by atoms with Gasteiger partial charge < -0.3 is 4.74 Å². The highest BCUT2D eigenvalue weighted by molar-refractivity contribution is 7.09. The summed E-state index contributed by atoms with van der Waals surface area (Å²) >= 11 is 1.76. The molecule has 3 nitrogen and oxygen atoms in total. The molecule has 4 atom stereocenters. The highest BCUT2D eigenvalue weighted by atomic mass is 32.1. The Morgan fingerprint density at radius 2 is 1.77 bits per heavy atom. The highest BCUT2D eigenvalue weighted by Gasteiger charge is 2.65. The Morgan fingerprint density at radius 3 is 2.35 bits per heavy atom. The van der Waals surface area contributed by atoms with Crippen molar-refractivity contribution in [1.82, 2.24) is 9.88 Å². The molecule has 1 aromatic heterocycles. The molecule has 0 spiro atoms. The van der Waals surface area contributed by atoms with Crippen molar-refractivity contribution in [3.63, 3.8) is 0 Å². The first-order valence-corrected chi connectivity index (χ1v) is 9.84. The molecule has 0 amide bonds. The van der Waals surface area contributed by atoms with Crippen LogP contribution >= 0.6 is 11.3 Å². The third-order valence-electron chi connectivity index (χ3n) is 5.29. The molecule has 2 heterocycles. The Hall–Kier alpha value is -2.01. The summed E-state index contributed by atoms with van der Waals surface area (Å²) in [5.74, 6) is 0. The summed E-state index contributed by atoms with van der Waals surface area (Å²) in [5, 5.41) is 3.33. The van der Waals surface area contributed by atoms with Crippen LogP contribution in [0.15, 0.2) is 66.0 Å². The van der Waals surface area contributed by atoms with Gasteiger partial charge in [-0.1, -0.05) is 60.7 Å². The minimum Gasteiger partial charge on any atom is -0.383 e. The second-order valence-corrected chi connectivity index (χ2v) is 7.90. The summed E-state index contributed by atoms with van der Waals surface area (Å²) in [6, 6.07) is 21.9. The van der Waals surface area contributed by atoms with Crippen LogP contribution in [-0.4, -0.2) is 23.6 Å². The van der Waals surface area contributed by atoms with Crippen molar-refractivity contribution in [1.29, 1.82) is 0 Å². The van der Waals surface area contributed by atoms with Crippen LogP contribution in [0, 0.1) is 6.92 Å². The maximum Gasteiger partial charge on any atom is 0.115 e. The predicted octanol–water partition coefficient (Wildman–Crippen LogP) is 5.11. The van der Waals surface area contributed by atoms with Crippen LogP contribution in [0.2, 0.25) is 0 Å². The Balaban J connectivity index is 1.78. The quantitative estimate of drug-likeness (QED) is 0.568. The van der Waals surface area contributed by atoms with Gasteiger partial charge in [-0.25, -0.2) is 4.98 Å². The van der Waals surface area contributed by atoms with Gasteiger partial charge in [-0.3, -0.25) is 4.90 Å². The number of methoxy groups -OCH3 is 1. The molecule has 1 unspecified atom stereocenters. The smallest absolute Gasteiger partial charge is 0.115 e. The molecule has 0 aliphatic carbocycles.